The van der Waals surface area contributed by atoms with Crippen LogP contribution in [0.3, 0.4) is 0 Å². The van der Waals surface area contributed by atoms with Gasteiger partial charge < -0.3 is 5.73 Å². The lowest BCUT2D eigenvalue weighted by molar-refractivity contribution is 0.840. The first-order valence-electron chi connectivity index (χ1n) is 5.36. The molecule has 4 nitrogen and oxygen atoms in total. The maximum Gasteiger partial charge on any atom is 0.131 e. The largest absolute Gasteiger partial charge is 0.384 e. The smallest absolute Gasteiger partial charge is 0.131 e. The molecule has 17 heavy (non-hydrogen) atoms. The molecule has 0 amide bonds. The van der Waals surface area contributed by atoms with Crippen molar-refractivity contribution in [3.8, 4) is 16.6 Å². The normalized spacial score (nSPS) is 10.1. The second-order valence-electron chi connectivity index (χ2n) is 3.62. The Kier molecular flexibility index (Phi) is 3.35. The third-order valence-corrected chi connectivity index (χ3v) is 3.25. The predicted molar refractivity (Wildman–Crippen MR) is 68.5 cm³/mol. The van der Waals surface area contributed by atoms with Crippen molar-refractivity contribution in [3.05, 3.63) is 28.9 Å². The number of anilines is 1. The highest BCUT2D eigenvalue weighted by molar-refractivity contribution is 7.15. The Morgan fingerprint density at radius 2 is 2.24 bits per heavy atom. The van der Waals surface area contributed by atoms with Crippen molar-refractivity contribution in [1.29, 1.82) is 5.26 Å². The summed E-state index contributed by atoms with van der Waals surface area (Å²) in [5.74, 6) is 1.24. The van der Waals surface area contributed by atoms with Crippen LogP contribution < -0.4 is 5.73 Å². The van der Waals surface area contributed by atoms with Crippen LogP contribution in [0.5, 0.6) is 0 Å². The molecule has 2 rings (SSSR count). The van der Waals surface area contributed by atoms with E-state index in [1.165, 1.54) is 11.3 Å². The molecule has 0 unspecified atom stereocenters. The number of hydrogen-bond acceptors (Lipinski definition) is 5. The Balaban J connectivity index is 2.41. The van der Waals surface area contributed by atoms with Crippen molar-refractivity contribution in [3.63, 3.8) is 0 Å². The third kappa shape index (κ3) is 2.60. The van der Waals surface area contributed by atoms with Crippen LogP contribution in [0, 0.1) is 11.3 Å². The van der Waals surface area contributed by atoms with Gasteiger partial charge in [-0.3, -0.25) is 0 Å². The second-order valence-corrected chi connectivity index (χ2v) is 4.70. The highest BCUT2D eigenvalue weighted by atomic mass is 32.1. The zero-order valence-electron chi connectivity index (χ0n) is 9.47. The molecule has 0 saturated heterocycles. The summed E-state index contributed by atoms with van der Waals surface area (Å²) in [5.41, 5.74) is 6.55. The first-order valence-corrected chi connectivity index (χ1v) is 6.18. The summed E-state index contributed by atoms with van der Waals surface area (Å²) in [7, 11) is 0. The van der Waals surface area contributed by atoms with Crippen LogP contribution >= 0.6 is 11.3 Å². The lowest BCUT2D eigenvalue weighted by Crippen LogP contribution is -2.00. The number of rotatable bonds is 3. The summed E-state index contributed by atoms with van der Waals surface area (Å²) in [5, 5.41) is 8.79. The number of nitrogen functional groups attached to an aromatic ring is 1. The minimum absolute atomic E-state index is 0.477. The molecule has 0 bridgehead atoms. The number of hydrogen-bond donors (Lipinski definition) is 1. The number of nitrogens with zero attached hydrogens (tertiary/aromatic N) is 3. The van der Waals surface area contributed by atoms with Gasteiger partial charge in [-0.1, -0.05) is 6.92 Å². The number of nitriles is 1. The summed E-state index contributed by atoms with van der Waals surface area (Å²) < 4.78 is 0. The molecule has 2 heterocycles. The van der Waals surface area contributed by atoms with Gasteiger partial charge >= 0.3 is 0 Å². The van der Waals surface area contributed by atoms with E-state index in [1.807, 2.05) is 6.07 Å². The number of nitrogens with two attached hydrogens (primary N) is 1. The van der Waals surface area contributed by atoms with E-state index < -0.39 is 0 Å². The SMILES string of the molecule is CCCc1nc(N)cc(-c2ccc(C#N)s2)n1. The topological polar surface area (TPSA) is 75.6 Å². The van der Waals surface area contributed by atoms with Gasteiger partial charge in [0.25, 0.3) is 0 Å². The van der Waals surface area contributed by atoms with Gasteiger partial charge in [0, 0.05) is 12.5 Å². The average molecular weight is 244 g/mol. The summed E-state index contributed by atoms with van der Waals surface area (Å²) in [6.07, 6.45) is 1.80. The number of aryl methyl sites for hydroxylation is 1. The first-order chi connectivity index (χ1) is 8.22. The molecular weight excluding hydrogens is 232 g/mol. The first kappa shape index (κ1) is 11.6. The maximum atomic E-state index is 8.79. The van der Waals surface area contributed by atoms with Crippen molar-refractivity contribution in [1.82, 2.24) is 9.97 Å². The Morgan fingerprint density at radius 3 is 2.88 bits per heavy atom. The Hall–Kier alpha value is -1.93. The van der Waals surface area contributed by atoms with Crippen LogP contribution in [-0.4, -0.2) is 9.97 Å². The molecule has 86 valence electrons. The molecule has 0 spiro atoms. The molecule has 0 fully saturated rings. The van der Waals surface area contributed by atoms with Crippen molar-refractivity contribution in [2.24, 2.45) is 0 Å². The van der Waals surface area contributed by atoms with Crippen LogP contribution in [0.2, 0.25) is 0 Å². The predicted octanol–water partition coefficient (Wildman–Crippen LogP) is 2.61. The highest BCUT2D eigenvalue weighted by Gasteiger charge is 2.07. The van der Waals surface area contributed by atoms with Gasteiger partial charge in [0.1, 0.15) is 22.6 Å². The molecule has 0 radical (unpaired) electrons. The van der Waals surface area contributed by atoms with Crippen molar-refractivity contribution >= 4 is 17.2 Å². The van der Waals surface area contributed by atoms with Gasteiger partial charge in [-0.2, -0.15) is 5.26 Å². The molecule has 2 N–H and O–H groups in total. The number of thiophene rings is 1. The van der Waals surface area contributed by atoms with E-state index in [4.69, 9.17) is 11.0 Å². The highest BCUT2D eigenvalue weighted by Crippen LogP contribution is 2.27. The minimum atomic E-state index is 0.477. The minimum Gasteiger partial charge on any atom is -0.384 e. The molecule has 0 aliphatic rings. The summed E-state index contributed by atoms with van der Waals surface area (Å²) in [6, 6.07) is 7.54. The molecule has 0 atom stereocenters. The van der Waals surface area contributed by atoms with Crippen molar-refractivity contribution in [2.45, 2.75) is 19.8 Å². The van der Waals surface area contributed by atoms with E-state index in [0.29, 0.717) is 10.7 Å². The average Bonchev–Trinajstić information content (AvgIpc) is 2.77. The molecule has 2 aromatic rings. The Bertz CT molecular complexity index is 568. The van der Waals surface area contributed by atoms with Gasteiger partial charge in [0.15, 0.2) is 0 Å². The van der Waals surface area contributed by atoms with Crippen LogP contribution in [0.15, 0.2) is 18.2 Å². The van der Waals surface area contributed by atoms with Crippen LogP contribution in [0.4, 0.5) is 5.82 Å². The summed E-state index contributed by atoms with van der Waals surface area (Å²) in [6.45, 7) is 2.07. The standard InChI is InChI=1S/C12H12N4S/c1-2-3-12-15-9(6-11(14)16-12)10-5-4-8(7-13)17-10/h4-6H,2-3H2,1H3,(H2,14,15,16). The van der Waals surface area contributed by atoms with Gasteiger partial charge in [-0.25, -0.2) is 9.97 Å². The zero-order valence-corrected chi connectivity index (χ0v) is 10.3. The fraction of sp³-hybridized carbons (Fsp3) is 0.250. The van der Waals surface area contributed by atoms with Gasteiger partial charge in [0.05, 0.1) is 10.6 Å². The van der Waals surface area contributed by atoms with Crippen LogP contribution in [-0.2, 0) is 6.42 Å². The molecular formula is C12H12N4S. The molecule has 0 aliphatic heterocycles. The van der Waals surface area contributed by atoms with Crippen molar-refractivity contribution < 1.29 is 0 Å². The Labute approximate surface area is 104 Å². The van der Waals surface area contributed by atoms with Crippen molar-refractivity contribution in [2.75, 3.05) is 5.73 Å². The van der Waals surface area contributed by atoms with E-state index in [2.05, 4.69) is 23.0 Å². The van der Waals surface area contributed by atoms with E-state index >= 15 is 0 Å². The van der Waals surface area contributed by atoms with E-state index in [9.17, 15) is 0 Å². The number of aromatic nitrogens is 2. The Morgan fingerprint density at radius 1 is 1.41 bits per heavy atom. The van der Waals surface area contributed by atoms with E-state index in [-0.39, 0.29) is 0 Å². The molecule has 0 aliphatic carbocycles. The van der Waals surface area contributed by atoms with Gasteiger partial charge in [-0.15, -0.1) is 11.3 Å². The maximum absolute atomic E-state index is 8.79. The van der Waals surface area contributed by atoms with Crippen LogP contribution in [0.25, 0.3) is 10.6 Å². The lowest BCUT2D eigenvalue weighted by Gasteiger charge is -2.02. The third-order valence-electron chi connectivity index (χ3n) is 2.23. The van der Waals surface area contributed by atoms with Crippen LogP contribution in [0.1, 0.15) is 24.0 Å². The van der Waals surface area contributed by atoms with Gasteiger partial charge in [-0.05, 0) is 18.6 Å². The molecule has 0 aromatic carbocycles. The monoisotopic (exact) mass is 244 g/mol. The lowest BCUT2D eigenvalue weighted by atomic mass is 10.3. The van der Waals surface area contributed by atoms with E-state index in [0.717, 1.165) is 29.2 Å². The van der Waals surface area contributed by atoms with E-state index in [1.54, 1.807) is 12.1 Å². The fourth-order valence-electron chi connectivity index (χ4n) is 1.51. The molecule has 0 saturated carbocycles. The summed E-state index contributed by atoms with van der Waals surface area (Å²) >= 11 is 1.41. The second kappa shape index (κ2) is 4.93. The quantitative estimate of drug-likeness (QED) is 0.900. The molecule has 2 aromatic heterocycles. The fourth-order valence-corrected chi connectivity index (χ4v) is 2.28. The van der Waals surface area contributed by atoms with Gasteiger partial charge in [0.2, 0.25) is 0 Å². The summed E-state index contributed by atoms with van der Waals surface area (Å²) in [4.78, 5) is 10.3. The molecule has 5 heteroatoms. The zero-order chi connectivity index (χ0) is 12.3.